The molecule has 122 valence electrons. The molecular formula is C20H21N3O. The SMILES string of the molecule is C#Cc1ccc2c(c1)C(NC(C)=O)CC(C)N2c1ccc(C)cn1. The molecule has 0 saturated carbocycles. The van der Waals surface area contributed by atoms with Crippen molar-refractivity contribution in [2.24, 2.45) is 0 Å². The number of rotatable bonds is 2. The maximum absolute atomic E-state index is 11.6. The number of carbonyl (C=O) groups is 1. The number of aryl methyl sites for hydroxylation is 1. The standard InChI is InChI=1S/C20H21N3O/c1-5-16-7-8-19-17(11-16)18(22-15(4)24)10-14(3)23(19)20-9-6-13(2)12-21-20/h1,6-9,11-12,14,18H,10H2,2-4H3,(H,22,24). The molecule has 1 aliphatic heterocycles. The van der Waals surface area contributed by atoms with Gasteiger partial charge in [-0.15, -0.1) is 6.42 Å². The molecule has 0 bridgehead atoms. The molecule has 0 fully saturated rings. The molecule has 1 aromatic heterocycles. The van der Waals surface area contributed by atoms with E-state index in [1.165, 1.54) is 0 Å². The number of anilines is 2. The van der Waals surface area contributed by atoms with Crippen molar-refractivity contribution in [2.75, 3.05) is 4.90 Å². The van der Waals surface area contributed by atoms with Crippen LogP contribution in [0.3, 0.4) is 0 Å². The topological polar surface area (TPSA) is 45.2 Å². The van der Waals surface area contributed by atoms with Crippen LogP contribution in [-0.2, 0) is 4.79 Å². The van der Waals surface area contributed by atoms with Crippen LogP contribution in [0.2, 0.25) is 0 Å². The lowest BCUT2D eigenvalue weighted by molar-refractivity contribution is -0.119. The summed E-state index contributed by atoms with van der Waals surface area (Å²) in [5.74, 6) is 3.55. The highest BCUT2D eigenvalue weighted by atomic mass is 16.1. The van der Waals surface area contributed by atoms with Crippen LogP contribution in [0.15, 0.2) is 36.5 Å². The number of fused-ring (bicyclic) bond motifs is 1. The molecular weight excluding hydrogens is 298 g/mol. The third-order valence-corrected chi connectivity index (χ3v) is 4.37. The monoisotopic (exact) mass is 319 g/mol. The summed E-state index contributed by atoms with van der Waals surface area (Å²) >= 11 is 0. The predicted octanol–water partition coefficient (Wildman–Crippen LogP) is 3.48. The second-order valence-electron chi connectivity index (χ2n) is 6.32. The molecule has 2 unspecified atom stereocenters. The Morgan fingerprint density at radius 1 is 1.38 bits per heavy atom. The Morgan fingerprint density at radius 3 is 2.79 bits per heavy atom. The van der Waals surface area contributed by atoms with E-state index in [9.17, 15) is 4.79 Å². The van der Waals surface area contributed by atoms with E-state index in [1.807, 2.05) is 37.4 Å². The van der Waals surface area contributed by atoms with Crippen LogP contribution in [0.25, 0.3) is 0 Å². The fourth-order valence-electron chi connectivity index (χ4n) is 3.29. The minimum atomic E-state index is -0.0394. The first kappa shape index (κ1) is 16.1. The lowest BCUT2D eigenvalue weighted by Crippen LogP contribution is -2.40. The van der Waals surface area contributed by atoms with Gasteiger partial charge in [-0.1, -0.05) is 12.0 Å². The van der Waals surface area contributed by atoms with Crippen molar-refractivity contribution in [3.63, 3.8) is 0 Å². The van der Waals surface area contributed by atoms with E-state index >= 15 is 0 Å². The number of benzene rings is 1. The normalized spacial score (nSPS) is 19.3. The second-order valence-corrected chi connectivity index (χ2v) is 6.32. The van der Waals surface area contributed by atoms with E-state index in [0.29, 0.717) is 0 Å². The number of nitrogens with one attached hydrogen (secondary N) is 1. The molecule has 1 N–H and O–H groups in total. The van der Waals surface area contributed by atoms with Gasteiger partial charge in [0.15, 0.2) is 0 Å². The fraction of sp³-hybridized carbons (Fsp3) is 0.300. The van der Waals surface area contributed by atoms with Gasteiger partial charge in [-0.3, -0.25) is 4.79 Å². The molecule has 2 aromatic rings. The Labute approximate surface area is 142 Å². The van der Waals surface area contributed by atoms with Gasteiger partial charge in [0, 0.05) is 30.4 Å². The van der Waals surface area contributed by atoms with Gasteiger partial charge in [0.25, 0.3) is 0 Å². The number of amides is 1. The van der Waals surface area contributed by atoms with E-state index in [1.54, 1.807) is 6.92 Å². The molecule has 4 heteroatoms. The molecule has 2 atom stereocenters. The summed E-state index contributed by atoms with van der Waals surface area (Å²) in [5, 5.41) is 3.05. The van der Waals surface area contributed by atoms with Gasteiger partial charge in [0.2, 0.25) is 5.91 Å². The Morgan fingerprint density at radius 2 is 2.17 bits per heavy atom. The Hall–Kier alpha value is -2.80. The van der Waals surface area contributed by atoms with Crippen molar-refractivity contribution in [1.29, 1.82) is 0 Å². The average Bonchev–Trinajstić information content (AvgIpc) is 2.55. The van der Waals surface area contributed by atoms with Crippen LogP contribution < -0.4 is 10.2 Å². The van der Waals surface area contributed by atoms with Crippen LogP contribution in [0.4, 0.5) is 11.5 Å². The second kappa shape index (κ2) is 6.37. The molecule has 1 amide bonds. The number of hydrogen-bond acceptors (Lipinski definition) is 3. The van der Waals surface area contributed by atoms with E-state index < -0.39 is 0 Å². The first-order valence-corrected chi connectivity index (χ1v) is 8.09. The molecule has 3 rings (SSSR count). The van der Waals surface area contributed by atoms with Gasteiger partial charge in [-0.2, -0.15) is 0 Å². The highest BCUT2D eigenvalue weighted by molar-refractivity contribution is 5.75. The number of terminal acetylenes is 1. The third kappa shape index (κ3) is 2.98. The molecule has 1 aromatic carbocycles. The van der Waals surface area contributed by atoms with Crippen molar-refractivity contribution < 1.29 is 4.79 Å². The van der Waals surface area contributed by atoms with Gasteiger partial charge in [0.05, 0.1) is 6.04 Å². The summed E-state index contributed by atoms with van der Waals surface area (Å²) in [4.78, 5) is 18.4. The highest BCUT2D eigenvalue weighted by Crippen LogP contribution is 2.41. The van der Waals surface area contributed by atoms with E-state index in [-0.39, 0.29) is 18.0 Å². The first-order chi connectivity index (χ1) is 11.5. The maximum atomic E-state index is 11.6. The third-order valence-electron chi connectivity index (χ3n) is 4.37. The summed E-state index contributed by atoms with van der Waals surface area (Å²) < 4.78 is 0. The van der Waals surface area contributed by atoms with Crippen LogP contribution in [0, 0.1) is 19.3 Å². The lowest BCUT2D eigenvalue weighted by atomic mass is 9.90. The van der Waals surface area contributed by atoms with E-state index in [0.717, 1.165) is 34.6 Å². The molecule has 0 spiro atoms. The van der Waals surface area contributed by atoms with Crippen molar-refractivity contribution >= 4 is 17.4 Å². The fourth-order valence-corrected chi connectivity index (χ4v) is 3.29. The molecule has 1 aliphatic rings. The number of hydrogen-bond donors (Lipinski definition) is 1. The molecule has 24 heavy (non-hydrogen) atoms. The van der Waals surface area contributed by atoms with Crippen molar-refractivity contribution in [1.82, 2.24) is 10.3 Å². The average molecular weight is 319 g/mol. The molecule has 0 saturated heterocycles. The van der Waals surface area contributed by atoms with E-state index in [4.69, 9.17) is 6.42 Å². The zero-order valence-corrected chi connectivity index (χ0v) is 14.2. The predicted molar refractivity (Wildman–Crippen MR) is 96.1 cm³/mol. The number of aromatic nitrogens is 1. The lowest BCUT2D eigenvalue weighted by Gasteiger charge is -2.40. The zero-order chi connectivity index (χ0) is 17.3. The largest absolute Gasteiger partial charge is 0.349 e. The zero-order valence-electron chi connectivity index (χ0n) is 14.2. The summed E-state index contributed by atoms with van der Waals surface area (Å²) in [7, 11) is 0. The Kier molecular flexibility index (Phi) is 4.26. The summed E-state index contributed by atoms with van der Waals surface area (Å²) in [5.41, 5.74) is 4.03. The summed E-state index contributed by atoms with van der Waals surface area (Å²) in [6.07, 6.45) is 8.23. The first-order valence-electron chi connectivity index (χ1n) is 8.09. The number of carbonyl (C=O) groups excluding carboxylic acids is 1. The molecule has 0 radical (unpaired) electrons. The smallest absolute Gasteiger partial charge is 0.217 e. The molecule has 0 aliphatic carbocycles. The maximum Gasteiger partial charge on any atom is 0.217 e. The van der Waals surface area contributed by atoms with Crippen LogP contribution in [0.1, 0.15) is 43.0 Å². The van der Waals surface area contributed by atoms with Crippen molar-refractivity contribution in [3.8, 4) is 12.3 Å². The van der Waals surface area contributed by atoms with Gasteiger partial charge in [-0.25, -0.2) is 4.98 Å². The quantitative estimate of drug-likeness (QED) is 0.862. The highest BCUT2D eigenvalue weighted by Gasteiger charge is 2.32. The van der Waals surface area contributed by atoms with Gasteiger partial charge in [-0.05, 0) is 55.7 Å². The van der Waals surface area contributed by atoms with Gasteiger partial charge in [0.1, 0.15) is 5.82 Å². The van der Waals surface area contributed by atoms with E-state index in [2.05, 4.69) is 34.1 Å². The Bertz CT molecular complexity index is 805. The number of pyridine rings is 1. The van der Waals surface area contributed by atoms with Crippen LogP contribution >= 0.6 is 0 Å². The Balaban J connectivity index is 2.10. The summed E-state index contributed by atoms with van der Waals surface area (Å²) in [6, 6.07) is 10.2. The van der Waals surface area contributed by atoms with Gasteiger partial charge < -0.3 is 10.2 Å². The molecule has 4 nitrogen and oxygen atoms in total. The van der Waals surface area contributed by atoms with Crippen LogP contribution in [-0.4, -0.2) is 16.9 Å². The van der Waals surface area contributed by atoms with Gasteiger partial charge >= 0.3 is 0 Å². The number of nitrogens with zero attached hydrogens (tertiary/aromatic N) is 2. The minimum Gasteiger partial charge on any atom is -0.349 e. The van der Waals surface area contributed by atoms with Crippen molar-refractivity contribution in [3.05, 3.63) is 53.2 Å². The minimum absolute atomic E-state index is 0.0360. The summed E-state index contributed by atoms with van der Waals surface area (Å²) in [6.45, 7) is 5.72. The molecule has 2 heterocycles. The van der Waals surface area contributed by atoms with Crippen LogP contribution in [0.5, 0.6) is 0 Å². The van der Waals surface area contributed by atoms with Crippen molar-refractivity contribution in [2.45, 2.75) is 39.3 Å².